The average molecular weight is 343 g/mol. The summed E-state index contributed by atoms with van der Waals surface area (Å²) in [6.07, 6.45) is 0.850. The van der Waals surface area contributed by atoms with E-state index < -0.39 is 0 Å². The minimum Gasteiger partial charge on any atom is -0.504 e. The van der Waals surface area contributed by atoms with Gasteiger partial charge in [0.15, 0.2) is 11.5 Å². The Morgan fingerprint density at radius 2 is 1.96 bits per heavy atom. The van der Waals surface area contributed by atoms with Gasteiger partial charge in [-0.2, -0.15) is 0 Å². The first-order valence-corrected chi connectivity index (χ1v) is 8.76. The highest BCUT2D eigenvalue weighted by Crippen LogP contribution is 2.39. The molecule has 0 aliphatic heterocycles. The van der Waals surface area contributed by atoms with E-state index in [1.807, 2.05) is 37.4 Å². The molecule has 0 bridgehead atoms. The number of hydrogen-bond donors (Lipinski definition) is 2. The lowest BCUT2D eigenvalue weighted by Crippen LogP contribution is -2.15. The summed E-state index contributed by atoms with van der Waals surface area (Å²) in [6, 6.07) is 13.5. The van der Waals surface area contributed by atoms with Crippen molar-refractivity contribution in [3.8, 4) is 17.2 Å². The van der Waals surface area contributed by atoms with Gasteiger partial charge in [0.25, 0.3) is 0 Å². The second kappa shape index (κ2) is 7.55. The van der Waals surface area contributed by atoms with Crippen molar-refractivity contribution in [2.24, 2.45) is 0 Å². The van der Waals surface area contributed by atoms with Crippen LogP contribution in [0.3, 0.4) is 0 Å². The highest BCUT2D eigenvalue weighted by molar-refractivity contribution is 7.10. The largest absolute Gasteiger partial charge is 0.504 e. The standard InChI is InChI=1S/C19H21NO3S/c1-20-11-10-16(18-7-4-12-24-18)23-15-6-3-5-14-13(15)8-9-17(22-2)19(14)21/h3-9,12,16,20-21H,10-11H2,1-2H3. The molecule has 0 amide bonds. The van der Waals surface area contributed by atoms with E-state index in [1.54, 1.807) is 24.5 Å². The van der Waals surface area contributed by atoms with Crippen LogP contribution < -0.4 is 14.8 Å². The summed E-state index contributed by atoms with van der Waals surface area (Å²) in [6.45, 7) is 0.867. The van der Waals surface area contributed by atoms with Gasteiger partial charge < -0.3 is 19.9 Å². The van der Waals surface area contributed by atoms with Gasteiger partial charge in [-0.1, -0.05) is 18.2 Å². The lowest BCUT2D eigenvalue weighted by molar-refractivity contribution is 0.201. The lowest BCUT2D eigenvalue weighted by Gasteiger charge is -2.19. The fraction of sp³-hybridized carbons (Fsp3) is 0.263. The van der Waals surface area contributed by atoms with Crippen molar-refractivity contribution < 1.29 is 14.6 Å². The zero-order valence-corrected chi connectivity index (χ0v) is 14.6. The van der Waals surface area contributed by atoms with Gasteiger partial charge in [-0.15, -0.1) is 11.3 Å². The van der Waals surface area contributed by atoms with E-state index in [1.165, 1.54) is 4.88 Å². The number of benzene rings is 2. The first-order valence-electron chi connectivity index (χ1n) is 7.88. The summed E-state index contributed by atoms with van der Waals surface area (Å²) in [7, 11) is 3.49. The molecule has 3 aromatic rings. The Morgan fingerprint density at radius 3 is 2.67 bits per heavy atom. The summed E-state index contributed by atoms with van der Waals surface area (Å²) < 4.78 is 11.5. The van der Waals surface area contributed by atoms with Crippen LogP contribution in [-0.4, -0.2) is 25.8 Å². The average Bonchev–Trinajstić information content (AvgIpc) is 3.14. The van der Waals surface area contributed by atoms with Gasteiger partial charge in [0, 0.05) is 22.1 Å². The van der Waals surface area contributed by atoms with Crippen molar-refractivity contribution >= 4 is 22.1 Å². The zero-order chi connectivity index (χ0) is 16.9. The topological polar surface area (TPSA) is 50.7 Å². The molecule has 0 fully saturated rings. The fourth-order valence-electron chi connectivity index (χ4n) is 2.72. The quantitative estimate of drug-likeness (QED) is 0.670. The Hall–Kier alpha value is -2.24. The van der Waals surface area contributed by atoms with Gasteiger partial charge in [-0.25, -0.2) is 0 Å². The smallest absolute Gasteiger partial charge is 0.165 e. The second-order valence-electron chi connectivity index (χ2n) is 5.48. The highest BCUT2D eigenvalue weighted by atomic mass is 32.1. The van der Waals surface area contributed by atoms with E-state index in [2.05, 4.69) is 16.8 Å². The molecule has 126 valence electrons. The van der Waals surface area contributed by atoms with Crippen molar-refractivity contribution in [2.45, 2.75) is 12.5 Å². The predicted octanol–water partition coefficient (Wildman–Crippen LogP) is 4.35. The zero-order valence-electron chi connectivity index (χ0n) is 13.8. The van der Waals surface area contributed by atoms with Crippen LogP contribution in [0.25, 0.3) is 10.8 Å². The molecule has 24 heavy (non-hydrogen) atoms. The molecule has 0 saturated heterocycles. The molecule has 1 unspecified atom stereocenters. The number of rotatable bonds is 7. The monoisotopic (exact) mass is 343 g/mol. The van der Waals surface area contributed by atoms with E-state index in [0.29, 0.717) is 5.75 Å². The molecule has 4 nitrogen and oxygen atoms in total. The third kappa shape index (κ3) is 3.32. The van der Waals surface area contributed by atoms with E-state index in [0.717, 1.165) is 29.5 Å². The summed E-state index contributed by atoms with van der Waals surface area (Å²) >= 11 is 1.69. The summed E-state index contributed by atoms with van der Waals surface area (Å²) in [5.41, 5.74) is 0. The molecular weight excluding hydrogens is 322 g/mol. The number of aromatic hydroxyl groups is 1. The van der Waals surface area contributed by atoms with Gasteiger partial charge in [0.2, 0.25) is 0 Å². The molecule has 0 saturated carbocycles. The highest BCUT2D eigenvalue weighted by Gasteiger charge is 2.17. The van der Waals surface area contributed by atoms with Gasteiger partial charge in [-0.05, 0) is 43.2 Å². The number of ether oxygens (including phenoxy) is 2. The molecular formula is C19H21NO3S. The molecule has 0 aliphatic rings. The molecule has 2 aromatic carbocycles. The lowest BCUT2D eigenvalue weighted by atomic mass is 10.1. The third-order valence-electron chi connectivity index (χ3n) is 3.96. The first kappa shape index (κ1) is 16.6. The maximum atomic E-state index is 10.3. The molecule has 2 N–H and O–H groups in total. The van der Waals surface area contributed by atoms with Crippen LogP contribution in [-0.2, 0) is 0 Å². The molecule has 0 aliphatic carbocycles. The van der Waals surface area contributed by atoms with E-state index in [9.17, 15) is 5.11 Å². The summed E-state index contributed by atoms with van der Waals surface area (Å²) in [4.78, 5) is 1.19. The van der Waals surface area contributed by atoms with Gasteiger partial charge in [0.05, 0.1) is 7.11 Å². The second-order valence-corrected chi connectivity index (χ2v) is 6.46. The van der Waals surface area contributed by atoms with Crippen molar-refractivity contribution in [3.05, 3.63) is 52.7 Å². The Labute approximate surface area is 145 Å². The van der Waals surface area contributed by atoms with E-state index in [-0.39, 0.29) is 11.9 Å². The third-order valence-corrected chi connectivity index (χ3v) is 4.93. The van der Waals surface area contributed by atoms with Crippen LogP contribution >= 0.6 is 11.3 Å². The van der Waals surface area contributed by atoms with Crippen LogP contribution in [0, 0.1) is 0 Å². The molecule has 5 heteroatoms. The number of thiophene rings is 1. The van der Waals surface area contributed by atoms with Crippen molar-refractivity contribution in [2.75, 3.05) is 20.7 Å². The number of phenolic OH excluding ortho intramolecular Hbond substituents is 1. The van der Waals surface area contributed by atoms with E-state index in [4.69, 9.17) is 9.47 Å². The Balaban J connectivity index is 1.97. The van der Waals surface area contributed by atoms with Crippen molar-refractivity contribution in [1.82, 2.24) is 5.32 Å². The normalized spacial score (nSPS) is 12.2. The van der Waals surface area contributed by atoms with Gasteiger partial charge >= 0.3 is 0 Å². The maximum absolute atomic E-state index is 10.3. The number of fused-ring (bicyclic) bond motifs is 1. The van der Waals surface area contributed by atoms with E-state index >= 15 is 0 Å². The van der Waals surface area contributed by atoms with Crippen molar-refractivity contribution in [3.63, 3.8) is 0 Å². The van der Waals surface area contributed by atoms with Crippen LogP contribution in [0.4, 0.5) is 0 Å². The first-order chi connectivity index (χ1) is 11.7. The number of nitrogens with one attached hydrogen (secondary N) is 1. The minimum absolute atomic E-state index is 0.0210. The Kier molecular flexibility index (Phi) is 5.23. The predicted molar refractivity (Wildman–Crippen MR) is 98.4 cm³/mol. The minimum atomic E-state index is -0.0210. The SMILES string of the molecule is CNCCC(Oc1cccc2c(O)c(OC)ccc12)c1cccs1. The molecule has 0 radical (unpaired) electrons. The van der Waals surface area contributed by atoms with Gasteiger partial charge in [-0.3, -0.25) is 0 Å². The van der Waals surface area contributed by atoms with Crippen LogP contribution in [0.1, 0.15) is 17.4 Å². The van der Waals surface area contributed by atoms with Crippen molar-refractivity contribution in [1.29, 1.82) is 0 Å². The molecule has 3 rings (SSSR count). The number of hydrogen-bond acceptors (Lipinski definition) is 5. The van der Waals surface area contributed by atoms with Gasteiger partial charge in [0.1, 0.15) is 11.9 Å². The molecule has 1 atom stereocenters. The molecule has 1 heterocycles. The number of methoxy groups -OCH3 is 1. The Morgan fingerprint density at radius 1 is 1.08 bits per heavy atom. The fourth-order valence-corrected chi connectivity index (χ4v) is 3.51. The summed E-state index contributed by atoms with van der Waals surface area (Å²) in [5.74, 6) is 1.37. The maximum Gasteiger partial charge on any atom is 0.165 e. The molecule has 0 spiro atoms. The molecule has 1 aromatic heterocycles. The Bertz CT molecular complexity index is 802. The summed E-state index contributed by atoms with van der Waals surface area (Å²) in [5, 5.41) is 17.2. The van der Waals surface area contributed by atoms with Crippen LogP contribution in [0.5, 0.6) is 17.2 Å². The number of phenols is 1. The van der Waals surface area contributed by atoms with Crippen LogP contribution in [0.15, 0.2) is 47.8 Å². The van der Waals surface area contributed by atoms with Crippen LogP contribution in [0.2, 0.25) is 0 Å².